The quantitative estimate of drug-likeness (QED) is 0.701. The van der Waals surface area contributed by atoms with Crippen LogP contribution >= 0.6 is 0 Å². The maximum atomic E-state index is 5.69. The van der Waals surface area contributed by atoms with Crippen LogP contribution in [0.2, 0.25) is 0 Å². The summed E-state index contributed by atoms with van der Waals surface area (Å²) in [6.45, 7) is 2.95. The van der Waals surface area contributed by atoms with Gasteiger partial charge in [0.25, 0.3) is 0 Å². The summed E-state index contributed by atoms with van der Waals surface area (Å²) in [5, 5.41) is 3.44. The molecule has 1 saturated heterocycles. The molecule has 2 rings (SSSR count). The summed E-state index contributed by atoms with van der Waals surface area (Å²) in [5.74, 6) is 1.33. The average Bonchev–Trinajstić information content (AvgIpc) is 2.18. The molecule has 0 spiro atoms. The Hall–Kier alpha value is -1.16. The van der Waals surface area contributed by atoms with Crippen molar-refractivity contribution in [2.75, 3.05) is 12.3 Å². The lowest BCUT2D eigenvalue weighted by Crippen LogP contribution is -2.27. The van der Waals surface area contributed by atoms with Gasteiger partial charge in [0.1, 0.15) is 11.6 Å². The van der Waals surface area contributed by atoms with E-state index in [9.17, 15) is 0 Å². The van der Waals surface area contributed by atoms with Crippen LogP contribution in [0.3, 0.4) is 0 Å². The lowest BCUT2D eigenvalue weighted by Gasteiger charge is -2.23. The van der Waals surface area contributed by atoms with Gasteiger partial charge in [0.05, 0.1) is 5.69 Å². The van der Waals surface area contributed by atoms with Crippen LogP contribution in [-0.4, -0.2) is 16.5 Å². The molecule has 76 valence electrons. The van der Waals surface area contributed by atoms with Gasteiger partial charge in [-0.15, -0.1) is 0 Å². The molecule has 1 aromatic heterocycles. The molecule has 4 heteroatoms. The van der Waals surface area contributed by atoms with Crippen molar-refractivity contribution in [2.45, 2.75) is 32.2 Å². The maximum Gasteiger partial charge on any atom is 0.127 e. The van der Waals surface area contributed by atoms with Crippen molar-refractivity contribution in [3.63, 3.8) is 0 Å². The summed E-state index contributed by atoms with van der Waals surface area (Å²) in [4.78, 5) is 8.47. The van der Waals surface area contributed by atoms with Crippen molar-refractivity contribution in [3.05, 3.63) is 17.6 Å². The number of nitrogens with one attached hydrogen (secondary N) is 1. The van der Waals surface area contributed by atoms with E-state index in [4.69, 9.17) is 5.73 Å². The zero-order valence-electron chi connectivity index (χ0n) is 8.45. The van der Waals surface area contributed by atoms with Gasteiger partial charge < -0.3 is 11.1 Å². The second-order valence-corrected chi connectivity index (χ2v) is 3.77. The number of hydrogen-bond donors (Lipinski definition) is 2. The van der Waals surface area contributed by atoms with Crippen LogP contribution in [0.15, 0.2) is 6.07 Å². The van der Waals surface area contributed by atoms with Crippen molar-refractivity contribution in [3.8, 4) is 0 Å². The Kier molecular flexibility index (Phi) is 2.63. The lowest BCUT2D eigenvalue weighted by atomic mass is 10.0. The fourth-order valence-electron chi connectivity index (χ4n) is 1.90. The minimum atomic E-state index is 0.368. The molecule has 0 amide bonds. The van der Waals surface area contributed by atoms with Gasteiger partial charge in [0.2, 0.25) is 0 Å². The molecule has 1 aliphatic rings. The first-order chi connectivity index (χ1) is 6.75. The van der Waals surface area contributed by atoms with Crippen LogP contribution in [0.4, 0.5) is 5.82 Å². The van der Waals surface area contributed by atoms with Crippen LogP contribution in [0.5, 0.6) is 0 Å². The van der Waals surface area contributed by atoms with Crippen LogP contribution < -0.4 is 11.1 Å². The second kappa shape index (κ2) is 3.92. The van der Waals surface area contributed by atoms with Gasteiger partial charge in [-0.3, -0.25) is 0 Å². The lowest BCUT2D eigenvalue weighted by molar-refractivity contribution is 0.404. The van der Waals surface area contributed by atoms with Crippen LogP contribution in [0.1, 0.15) is 36.8 Å². The molecule has 3 N–H and O–H groups in total. The zero-order valence-corrected chi connectivity index (χ0v) is 8.45. The fraction of sp³-hybridized carbons (Fsp3) is 0.600. The predicted octanol–water partition coefficient (Wildman–Crippen LogP) is 1.18. The first-order valence-electron chi connectivity index (χ1n) is 5.10. The number of hydrogen-bond acceptors (Lipinski definition) is 4. The number of rotatable bonds is 1. The van der Waals surface area contributed by atoms with Crippen LogP contribution in [-0.2, 0) is 0 Å². The van der Waals surface area contributed by atoms with E-state index in [1.54, 1.807) is 0 Å². The van der Waals surface area contributed by atoms with Crippen LogP contribution in [0.25, 0.3) is 0 Å². The van der Waals surface area contributed by atoms with Gasteiger partial charge in [-0.05, 0) is 26.3 Å². The third-order valence-corrected chi connectivity index (χ3v) is 2.54. The normalized spacial score (nSPS) is 22.2. The Bertz CT molecular complexity index is 298. The molecule has 0 saturated carbocycles. The number of nitrogen functional groups attached to an aromatic ring is 1. The van der Waals surface area contributed by atoms with Crippen molar-refractivity contribution < 1.29 is 0 Å². The molecule has 2 heterocycles. The Morgan fingerprint density at radius 2 is 2.29 bits per heavy atom. The molecule has 1 aromatic rings. The van der Waals surface area contributed by atoms with Gasteiger partial charge in [-0.25, -0.2) is 9.97 Å². The molecular formula is C10H16N4. The summed E-state index contributed by atoms with van der Waals surface area (Å²) in [7, 11) is 0. The highest BCUT2D eigenvalue weighted by Gasteiger charge is 2.16. The summed E-state index contributed by atoms with van der Waals surface area (Å²) in [5.41, 5.74) is 6.72. The molecule has 1 fully saturated rings. The van der Waals surface area contributed by atoms with E-state index < -0.39 is 0 Å². The van der Waals surface area contributed by atoms with E-state index >= 15 is 0 Å². The first kappa shape index (κ1) is 9.40. The Labute approximate surface area is 83.9 Å². The SMILES string of the molecule is Cc1nc(N)cc(C2CCCCN2)n1. The molecule has 14 heavy (non-hydrogen) atoms. The molecule has 1 atom stereocenters. The Morgan fingerprint density at radius 3 is 2.93 bits per heavy atom. The van der Waals surface area contributed by atoms with Crippen molar-refractivity contribution in [2.24, 2.45) is 0 Å². The Balaban J connectivity index is 2.21. The zero-order chi connectivity index (χ0) is 9.97. The summed E-state index contributed by atoms with van der Waals surface area (Å²) >= 11 is 0. The standard InChI is InChI=1S/C10H16N4/c1-7-13-9(6-10(11)14-7)8-4-2-3-5-12-8/h6,8,12H,2-5H2,1H3,(H2,11,13,14). The van der Waals surface area contributed by atoms with E-state index in [0.29, 0.717) is 11.9 Å². The molecule has 1 aliphatic heterocycles. The van der Waals surface area contributed by atoms with Gasteiger partial charge >= 0.3 is 0 Å². The van der Waals surface area contributed by atoms with E-state index in [0.717, 1.165) is 24.5 Å². The van der Waals surface area contributed by atoms with Crippen molar-refractivity contribution >= 4 is 5.82 Å². The molecule has 0 bridgehead atoms. The number of nitrogens with two attached hydrogens (primary N) is 1. The Morgan fingerprint density at radius 1 is 1.43 bits per heavy atom. The van der Waals surface area contributed by atoms with E-state index in [-0.39, 0.29) is 0 Å². The fourth-order valence-corrected chi connectivity index (χ4v) is 1.90. The molecule has 1 unspecified atom stereocenters. The average molecular weight is 192 g/mol. The highest BCUT2D eigenvalue weighted by Crippen LogP contribution is 2.21. The summed E-state index contributed by atoms with van der Waals surface area (Å²) < 4.78 is 0. The van der Waals surface area contributed by atoms with E-state index in [1.807, 2.05) is 13.0 Å². The summed E-state index contributed by atoms with van der Waals surface area (Å²) in [6.07, 6.45) is 3.67. The summed E-state index contributed by atoms with van der Waals surface area (Å²) in [6, 6.07) is 2.24. The molecule has 0 aliphatic carbocycles. The maximum absolute atomic E-state index is 5.69. The third kappa shape index (κ3) is 2.01. The van der Waals surface area contributed by atoms with Crippen molar-refractivity contribution in [1.82, 2.24) is 15.3 Å². The number of aromatic nitrogens is 2. The first-order valence-corrected chi connectivity index (χ1v) is 5.10. The molecule has 0 radical (unpaired) electrons. The molecule has 0 aromatic carbocycles. The van der Waals surface area contributed by atoms with E-state index in [2.05, 4.69) is 15.3 Å². The monoisotopic (exact) mass is 192 g/mol. The smallest absolute Gasteiger partial charge is 0.127 e. The minimum Gasteiger partial charge on any atom is -0.384 e. The van der Waals surface area contributed by atoms with Gasteiger partial charge in [0.15, 0.2) is 0 Å². The largest absolute Gasteiger partial charge is 0.384 e. The second-order valence-electron chi connectivity index (χ2n) is 3.77. The minimum absolute atomic E-state index is 0.368. The van der Waals surface area contributed by atoms with Crippen LogP contribution in [0, 0.1) is 6.92 Å². The third-order valence-electron chi connectivity index (χ3n) is 2.54. The van der Waals surface area contributed by atoms with Crippen molar-refractivity contribution in [1.29, 1.82) is 0 Å². The number of anilines is 1. The van der Waals surface area contributed by atoms with Gasteiger partial charge in [0, 0.05) is 12.1 Å². The number of piperidine rings is 1. The van der Waals surface area contributed by atoms with E-state index in [1.165, 1.54) is 12.8 Å². The highest BCUT2D eigenvalue weighted by molar-refractivity contribution is 5.31. The predicted molar refractivity (Wildman–Crippen MR) is 55.8 cm³/mol. The topological polar surface area (TPSA) is 63.8 Å². The number of aryl methyl sites for hydroxylation is 1. The number of nitrogens with zero attached hydrogens (tertiary/aromatic N) is 2. The highest BCUT2D eigenvalue weighted by atomic mass is 15.0. The van der Waals surface area contributed by atoms with Gasteiger partial charge in [-0.1, -0.05) is 6.42 Å². The van der Waals surface area contributed by atoms with Gasteiger partial charge in [-0.2, -0.15) is 0 Å². The molecular weight excluding hydrogens is 176 g/mol. The molecule has 4 nitrogen and oxygen atoms in total.